The van der Waals surface area contributed by atoms with Gasteiger partial charge in [-0.25, -0.2) is 4.79 Å². The molecule has 0 unspecified atom stereocenters. The van der Waals surface area contributed by atoms with Gasteiger partial charge in [-0.05, 0) is 18.9 Å². The molecule has 0 aromatic heterocycles. The van der Waals surface area contributed by atoms with Crippen molar-refractivity contribution in [3.8, 4) is 11.5 Å². The lowest BCUT2D eigenvalue weighted by atomic mass is 9.87. The molecule has 5 heteroatoms. The number of ether oxygens (including phenoxy) is 2. The van der Waals surface area contributed by atoms with Crippen LogP contribution in [-0.2, 0) is 16.8 Å². The Hall–Kier alpha value is -1.51. The summed E-state index contributed by atoms with van der Waals surface area (Å²) in [7, 11) is 1.61. The van der Waals surface area contributed by atoms with E-state index in [1.165, 1.54) is 0 Å². The molecular formula is C15H16ClNO3. The van der Waals surface area contributed by atoms with Crippen LogP contribution in [0.4, 0.5) is 0 Å². The minimum Gasteiger partial charge on any atom is -0.493 e. The van der Waals surface area contributed by atoms with Gasteiger partial charge in [-0.1, -0.05) is 24.4 Å². The summed E-state index contributed by atoms with van der Waals surface area (Å²) in [5.41, 5.74) is 1.30. The van der Waals surface area contributed by atoms with Crippen LogP contribution in [0.15, 0.2) is 11.1 Å². The third-order valence-corrected chi connectivity index (χ3v) is 4.72. The van der Waals surface area contributed by atoms with Crippen LogP contribution < -0.4 is 9.47 Å². The number of rotatable bonds is 3. The molecule has 106 valence electrons. The van der Waals surface area contributed by atoms with Crippen LogP contribution in [0.5, 0.6) is 11.5 Å². The molecule has 1 fully saturated rings. The average Bonchev–Trinajstić information content (AvgIpc) is 3.09. The Morgan fingerprint density at radius 3 is 2.85 bits per heavy atom. The Kier molecular flexibility index (Phi) is 3.45. The van der Waals surface area contributed by atoms with Gasteiger partial charge in [0.05, 0.1) is 24.3 Å². The van der Waals surface area contributed by atoms with E-state index < -0.39 is 5.54 Å². The summed E-state index contributed by atoms with van der Waals surface area (Å²) in [5, 5.41) is 0.666. The van der Waals surface area contributed by atoms with Gasteiger partial charge in [0.1, 0.15) is 0 Å². The maximum atomic E-state index is 10.8. The lowest BCUT2D eigenvalue weighted by molar-refractivity contribution is 0.325. The zero-order valence-corrected chi connectivity index (χ0v) is 12.1. The van der Waals surface area contributed by atoms with E-state index in [2.05, 4.69) is 4.99 Å². The van der Waals surface area contributed by atoms with E-state index in [9.17, 15) is 4.79 Å². The van der Waals surface area contributed by atoms with Crippen LogP contribution in [0.2, 0.25) is 5.02 Å². The number of nitrogens with zero attached hydrogens (tertiary/aromatic N) is 1. The molecule has 1 saturated carbocycles. The van der Waals surface area contributed by atoms with Crippen molar-refractivity contribution < 1.29 is 14.3 Å². The monoisotopic (exact) mass is 293 g/mol. The molecule has 0 bridgehead atoms. The maximum absolute atomic E-state index is 10.8. The second kappa shape index (κ2) is 5.12. The number of aliphatic imine (C=N–C) groups is 1. The van der Waals surface area contributed by atoms with Gasteiger partial charge < -0.3 is 9.47 Å². The number of halogens is 1. The average molecular weight is 294 g/mol. The predicted molar refractivity (Wildman–Crippen MR) is 75.5 cm³/mol. The molecule has 1 aliphatic carbocycles. The molecule has 1 aliphatic heterocycles. The fraction of sp³-hybridized carbons (Fsp3) is 0.533. The van der Waals surface area contributed by atoms with Gasteiger partial charge in [0.15, 0.2) is 11.5 Å². The lowest BCUT2D eigenvalue weighted by Gasteiger charge is -2.25. The molecule has 3 rings (SSSR count). The Balaban J connectivity index is 2.21. The van der Waals surface area contributed by atoms with Crippen molar-refractivity contribution in [2.24, 2.45) is 4.99 Å². The van der Waals surface area contributed by atoms with Gasteiger partial charge in [0.2, 0.25) is 6.08 Å². The molecule has 0 spiro atoms. The highest BCUT2D eigenvalue weighted by Gasteiger charge is 2.40. The molecule has 0 N–H and O–H groups in total. The number of hydrogen-bond donors (Lipinski definition) is 0. The highest BCUT2D eigenvalue weighted by Crippen LogP contribution is 2.50. The number of benzene rings is 1. The maximum Gasteiger partial charge on any atom is 0.235 e. The standard InChI is InChI=1S/C15H16ClNO3/c1-19-12-8-11(13(16)10-4-7-20-14(10)12)15(17-9-18)5-2-3-6-15/h8H,2-7H2,1H3. The van der Waals surface area contributed by atoms with E-state index in [0.717, 1.165) is 49.0 Å². The minimum atomic E-state index is -0.538. The summed E-state index contributed by atoms with van der Waals surface area (Å²) in [6, 6.07) is 1.87. The third-order valence-electron chi connectivity index (χ3n) is 4.28. The molecule has 0 saturated heterocycles. The van der Waals surface area contributed by atoms with Crippen molar-refractivity contribution in [1.82, 2.24) is 0 Å². The van der Waals surface area contributed by atoms with E-state index in [0.29, 0.717) is 17.4 Å². The first kappa shape index (κ1) is 13.5. The van der Waals surface area contributed by atoms with Crippen molar-refractivity contribution in [2.45, 2.75) is 37.6 Å². The molecule has 0 radical (unpaired) electrons. The van der Waals surface area contributed by atoms with Crippen molar-refractivity contribution in [3.63, 3.8) is 0 Å². The Labute approximate surface area is 122 Å². The van der Waals surface area contributed by atoms with Gasteiger partial charge >= 0.3 is 0 Å². The SMILES string of the molecule is COc1cc(C2(N=C=O)CCCC2)c(Cl)c2c1OCC2. The molecule has 4 nitrogen and oxygen atoms in total. The molecule has 1 heterocycles. The van der Waals surface area contributed by atoms with Crippen LogP contribution >= 0.6 is 11.6 Å². The second-order valence-corrected chi connectivity index (χ2v) is 5.67. The number of isocyanates is 1. The first-order valence-corrected chi connectivity index (χ1v) is 7.21. The Bertz CT molecular complexity index is 587. The molecule has 0 amide bonds. The second-order valence-electron chi connectivity index (χ2n) is 5.29. The summed E-state index contributed by atoms with van der Waals surface area (Å²) in [4.78, 5) is 14.9. The minimum absolute atomic E-state index is 0.538. The number of carbonyl (C=O) groups excluding carboxylic acids is 1. The molecular weight excluding hydrogens is 278 g/mol. The zero-order valence-electron chi connectivity index (χ0n) is 11.4. The smallest absolute Gasteiger partial charge is 0.235 e. The van der Waals surface area contributed by atoms with Crippen LogP contribution in [0, 0.1) is 0 Å². The van der Waals surface area contributed by atoms with Gasteiger partial charge in [-0.15, -0.1) is 0 Å². The van der Waals surface area contributed by atoms with Gasteiger partial charge in [-0.3, -0.25) is 0 Å². The largest absolute Gasteiger partial charge is 0.493 e. The lowest BCUT2D eigenvalue weighted by Crippen LogP contribution is -2.20. The first-order valence-electron chi connectivity index (χ1n) is 6.83. The van der Waals surface area contributed by atoms with Crippen molar-refractivity contribution in [2.75, 3.05) is 13.7 Å². The van der Waals surface area contributed by atoms with Crippen LogP contribution in [0.1, 0.15) is 36.8 Å². The van der Waals surface area contributed by atoms with Gasteiger partial charge in [0, 0.05) is 17.5 Å². The van der Waals surface area contributed by atoms with Gasteiger partial charge in [-0.2, -0.15) is 4.99 Å². The van der Waals surface area contributed by atoms with Crippen molar-refractivity contribution in [3.05, 3.63) is 22.2 Å². The number of fused-ring (bicyclic) bond motifs is 1. The molecule has 20 heavy (non-hydrogen) atoms. The predicted octanol–water partition coefficient (Wildman–Crippen LogP) is 3.39. The summed E-state index contributed by atoms with van der Waals surface area (Å²) in [6.45, 7) is 0.610. The molecule has 0 atom stereocenters. The Morgan fingerprint density at radius 2 is 2.20 bits per heavy atom. The van der Waals surface area contributed by atoms with Crippen LogP contribution in [0.25, 0.3) is 0 Å². The molecule has 1 aromatic carbocycles. The summed E-state index contributed by atoms with van der Waals surface area (Å²) in [6.07, 6.45) is 6.22. The normalized spacial score (nSPS) is 19.1. The number of methoxy groups -OCH3 is 1. The highest BCUT2D eigenvalue weighted by atomic mass is 35.5. The van der Waals surface area contributed by atoms with Gasteiger partial charge in [0.25, 0.3) is 0 Å². The van der Waals surface area contributed by atoms with Crippen LogP contribution in [-0.4, -0.2) is 19.8 Å². The highest BCUT2D eigenvalue weighted by molar-refractivity contribution is 6.32. The van der Waals surface area contributed by atoms with E-state index in [1.807, 2.05) is 6.07 Å². The van der Waals surface area contributed by atoms with E-state index in [-0.39, 0.29) is 0 Å². The quantitative estimate of drug-likeness (QED) is 0.634. The Morgan fingerprint density at radius 1 is 1.45 bits per heavy atom. The van der Waals surface area contributed by atoms with Crippen molar-refractivity contribution >= 4 is 17.7 Å². The fourth-order valence-corrected chi connectivity index (χ4v) is 3.70. The van der Waals surface area contributed by atoms with Crippen LogP contribution in [0.3, 0.4) is 0 Å². The summed E-state index contributed by atoms with van der Waals surface area (Å²) >= 11 is 6.56. The topological polar surface area (TPSA) is 47.9 Å². The summed E-state index contributed by atoms with van der Waals surface area (Å²) in [5.74, 6) is 1.40. The number of hydrogen-bond acceptors (Lipinski definition) is 4. The van der Waals surface area contributed by atoms with E-state index >= 15 is 0 Å². The van der Waals surface area contributed by atoms with E-state index in [1.54, 1.807) is 13.2 Å². The third kappa shape index (κ3) is 1.91. The molecule has 1 aromatic rings. The molecule has 2 aliphatic rings. The van der Waals surface area contributed by atoms with E-state index in [4.69, 9.17) is 21.1 Å². The fourth-order valence-electron chi connectivity index (χ4n) is 3.29. The summed E-state index contributed by atoms with van der Waals surface area (Å²) < 4.78 is 11.0. The first-order chi connectivity index (χ1) is 9.72. The van der Waals surface area contributed by atoms with Crippen molar-refractivity contribution in [1.29, 1.82) is 0 Å². The zero-order chi connectivity index (χ0) is 14.2.